The summed E-state index contributed by atoms with van der Waals surface area (Å²) in [4.78, 5) is 3.97. The first-order valence-electron chi connectivity index (χ1n) is 7.06. The molecular formula is C14H23N3OS2. The molecule has 1 saturated heterocycles. The van der Waals surface area contributed by atoms with Gasteiger partial charge in [0.2, 0.25) is 0 Å². The summed E-state index contributed by atoms with van der Waals surface area (Å²) >= 11 is 7.12. The van der Waals surface area contributed by atoms with E-state index in [1.54, 1.807) is 7.11 Å². The number of likely N-dealkylation sites (tertiary alicyclic amines) is 1. The molecule has 0 radical (unpaired) electrons. The Bertz CT molecular complexity index is 389. The second kappa shape index (κ2) is 8.56. The number of piperidine rings is 1. The zero-order chi connectivity index (χ0) is 14.2. The monoisotopic (exact) mass is 313 g/mol. The molecule has 0 bridgehead atoms. The second-order valence-corrected chi connectivity index (χ2v) is 6.46. The Kier molecular flexibility index (Phi) is 6.72. The van der Waals surface area contributed by atoms with Crippen LogP contribution in [-0.4, -0.2) is 49.4 Å². The van der Waals surface area contributed by atoms with Gasteiger partial charge in [0.25, 0.3) is 0 Å². The summed E-state index contributed by atoms with van der Waals surface area (Å²) in [7, 11) is 1.70. The zero-order valence-electron chi connectivity index (χ0n) is 11.9. The Morgan fingerprint density at radius 2 is 2.30 bits per heavy atom. The van der Waals surface area contributed by atoms with Gasteiger partial charge in [0.15, 0.2) is 5.11 Å². The molecule has 1 aromatic heterocycles. The smallest absolute Gasteiger partial charge is 0.166 e. The van der Waals surface area contributed by atoms with Crippen molar-refractivity contribution < 1.29 is 4.74 Å². The highest BCUT2D eigenvalue weighted by Gasteiger charge is 2.19. The predicted molar refractivity (Wildman–Crippen MR) is 88.2 cm³/mol. The average Bonchev–Trinajstić information content (AvgIpc) is 2.94. The fourth-order valence-electron chi connectivity index (χ4n) is 2.36. The van der Waals surface area contributed by atoms with Crippen molar-refractivity contribution in [1.82, 2.24) is 15.5 Å². The maximum Gasteiger partial charge on any atom is 0.166 e. The molecule has 0 saturated carbocycles. The normalized spacial score (nSPS) is 17.1. The van der Waals surface area contributed by atoms with Crippen molar-refractivity contribution in [1.29, 1.82) is 0 Å². The van der Waals surface area contributed by atoms with E-state index in [9.17, 15) is 0 Å². The topological polar surface area (TPSA) is 36.5 Å². The predicted octanol–water partition coefficient (Wildman–Crippen LogP) is 1.82. The molecule has 4 nitrogen and oxygen atoms in total. The van der Waals surface area contributed by atoms with E-state index in [4.69, 9.17) is 17.0 Å². The minimum absolute atomic E-state index is 0.497. The fraction of sp³-hybridized carbons (Fsp3) is 0.643. The molecule has 20 heavy (non-hydrogen) atoms. The molecule has 0 aliphatic carbocycles. The summed E-state index contributed by atoms with van der Waals surface area (Å²) in [5.41, 5.74) is 0. The summed E-state index contributed by atoms with van der Waals surface area (Å²) in [5.74, 6) is 0. The lowest BCUT2D eigenvalue weighted by Crippen LogP contribution is -2.48. The van der Waals surface area contributed by atoms with Gasteiger partial charge < -0.3 is 15.4 Å². The number of nitrogens with one attached hydrogen (secondary N) is 2. The van der Waals surface area contributed by atoms with Crippen LogP contribution in [0.15, 0.2) is 17.5 Å². The zero-order valence-corrected chi connectivity index (χ0v) is 13.6. The lowest BCUT2D eigenvalue weighted by Gasteiger charge is -2.32. The van der Waals surface area contributed by atoms with Crippen LogP contribution in [0, 0.1) is 0 Å². The maximum absolute atomic E-state index is 5.28. The first-order chi connectivity index (χ1) is 9.78. The highest BCUT2D eigenvalue weighted by atomic mass is 32.1. The van der Waals surface area contributed by atoms with Gasteiger partial charge >= 0.3 is 0 Å². The molecule has 1 aliphatic rings. The Morgan fingerprint density at radius 3 is 2.95 bits per heavy atom. The van der Waals surface area contributed by atoms with Gasteiger partial charge in [-0.3, -0.25) is 4.90 Å². The molecular weight excluding hydrogens is 290 g/mol. The van der Waals surface area contributed by atoms with Crippen molar-refractivity contribution in [3.8, 4) is 0 Å². The van der Waals surface area contributed by atoms with E-state index in [1.165, 1.54) is 4.88 Å². The third-order valence-electron chi connectivity index (χ3n) is 3.47. The highest BCUT2D eigenvalue weighted by Crippen LogP contribution is 2.16. The average molecular weight is 313 g/mol. The largest absolute Gasteiger partial charge is 0.383 e. The number of rotatable bonds is 6. The first kappa shape index (κ1) is 15.7. The summed E-state index contributed by atoms with van der Waals surface area (Å²) in [6.07, 6.45) is 2.30. The first-order valence-corrected chi connectivity index (χ1v) is 8.35. The van der Waals surface area contributed by atoms with Crippen LogP contribution >= 0.6 is 23.6 Å². The molecule has 6 heteroatoms. The Balaban J connectivity index is 1.62. The van der Waals surface area contributed by atoms with Crippen molar-refractivity contribution in [2.24, 2.45) is 0 Å². The molecule has 2 N–H and O–H groups in total. The number of thiophene rings is 1. The van der Waals surface area contributed by atoms with Gasteiger partial charge in [0.05, 0.1) is 6.61 Å². The second-order valence-electron chi connectivity index (χ2n) is 5.02. The van der Waals surface area contributed by atoms with Crippen LogP contribution in [0.1, 0.15) is 17.7 Å². The van der Waals surface area contributed by atoms with Gasteiger partial charge in [-0.1, -0.05) is 6.07 Å². The summed E-state index contributed by atoms with van der Waals surface area (Å²) in [6.45, 7) is 4.80. The molecule has 2 rings (SSSR count). The molecule has 1 fully saturated rings. The summed E-state index contributed by atoms with van der Waals surface area (Å²) in [5, 5.41) is 9.46. The van der Waals surface area contributed by atoms with Crippen LogP contribution in [0.5, 0.6) is 0 Å². The quantitative estimate of drug-likeness (QED) is 0.619. The molecule has 0 spiro atoms. The van der Waals surface area contributed by atoms with Crippen LogP contribution in [0.2, 0.25) is 0 Å². The van der Waals surface area contributed by atoms with Gasteiger partial charge in [-0.2, -0.15) is 0 Å². The van der Waals surface area contributed by atoms with Crippen LogP contribution in [0.3, 0.4) is 0 Å². The molecule has 0 atom stereocenters. The number of hydrogen-bond acceptors (Lipinski definition) is 4. The molecule has 0 aromatic carbocycles. The van der Waals surface area contributed by atoms with E-state index < -0.39 is 0 Å². The van der Waals surface area contributed by atoms with Crippen LogP contribution in [-0.2, 0) is 11.3 Å². The third-order valence-corrected chi connectivity index (χ3v) is 4.60. The van der Waals surface area contributed by atoms with E-state index in [0.717, 1.165) is 44.1 Å². The van der Waals surface area contributed by atoms with Gasteiger partial charge in [0.1, 0.15) is 0 Å². The van der Waals surface area contributed by atoms with Crippen molar-refractivity contribution in [2.45, 2.75) is 25.4 Å². The van der Waals surface area contributed by atoms with Gasteiger partial charge in [0, 0.05) is 44.2 Å². The Labute approximate surface area is 130 Å². The third kappa shape index (κ3) is 5.36. The van der Waals surface area contributed by atoms with Crippen LogP contribution < -0.4 is 10.6 Å². The Hall–Kier alpha value is -0.690. The van der Waals surface area contributed by atoms with Crippen molar-refractivity contribution >= 4 is 28.7 Å². The highest BCUT2D eigenvalue weighted by molar-refractivity contribution is 7.80. The Morgan fingerprint density at radius 1 is 1.50 bits per heavy atom. The van der Waals surface area contributed by atoms with Crippen molar-refractivity contribution in [2.75, 3.05) is 33.4 Å². The van der Waals surface area contributed by atoms with Crippen molar-refractivity contribution in [3.63, 3.8) is 0 Å². The number of thiocarbonyl (C=S) groups is 1. The minimum Gasteiger partial charge on any atom is -0.383 e. The molecule has 1 aliphatic heterocycles. The molecule has 2 heterocycles. The summed E-state index contributed by atoms with van der Waals surface area (Å²) < 4.78 is 4.99. The van der Waals surface area contributed by atoms with Gasteiger partial charge in [-0.25, -0.2) is 0 Å². The fourth-order valence-corrected chi connectivity index (χ4v) is 3.38. The number of ether oxygens (including phenoxy) is 1. The van der Waals surface area contributed by atoms with E-state index in [2.05, 4.69) is 33.0 Å². The van der Waals surface area contributed by atoms with E-state index in [-0.39, 0.29) is 0 Å². The maximum atomic E-state index is 5.28. The molecule has 0 unspecified atom stereocenters. The lowest BCUT2D eigenvalue weighted by atomic mass is 10.1. The number of hydrogen-bond donors (Lipinski definition) is 2. The van der Waals surface area contributed by atoms with Crippen molar-refractivity contribution in [3.05, 3.63) is 22.4 Å². The van der Waals surface area contributed by atoms with Gasteiger partial charge in [-0.05, 0) is 36.5 Å². The SMILES string of the molecule is COCCNC(=S)NC1CCN(Cc2cccs2)CC1. The lowest BCUT2D eigenvalue weighted by molar-refractivity contribution is 0.198. The number of nitrogens with zero attached hydrogens (tertiary/aromatic N) is 1. The minimum atomic E-state index is 0.497. The van der Waals surface area contributed by atoms with Gasteiger partial charge in [-0.15, -0.1) is 11.3 Å². The molecule has 112 valence electrons. The van der Waals surface area contributed by atoms with E-state index >= 15 is 0 Å². The van der Waals surface area contributed by atoms with Crippen LogP contribution in [0.4, 0.5) is 0 Å². The summed E-state index contributed by atoms with van der Waals surface area (Å²) in [6, 6.07) is 4.83. The van der Waals surface area contributed by atoms with Crippen LogP contribution in [0.25, 0.3) is 0 Å². The number of methoxy groups -OCH3 is 1. The molecule has 0 amide bonds. The standard InChI is InChI=1S/C14H23N3OS2/c1-18-9-6-15-14(19)16-12-4-7-17(8-5-12)11-13-3-2-10-20-13/h2-3,10,12H,4-9,11H2,1H3,(H2,15,16,19). The van der Waals surface area contributed by atoms with E-state index in [0.29, 0.717) is 12.6 Å². The molecule has 1 aromatic rings. The van der Waals surface area contributed by atoms with E-state index in [1.807, 2.05) is 11.3 Å².